The second kappa shape index (κ2) is 7.96. The predicted molar refractivity (Wildman–Crippen MR) is 115 cm³/mol. The Hall–Kier alpha value is -3.72. The van der Waals surface area contributed by atoms with Gasteiger partial charge in [0.05, 0.1) is 23.8 Å². The minimum Gasteiger partial charge on any atom is -0.493 e. The molecule has 0 spiro atoms. The summed E-state index contributed by atoms with van der Waals surface area (Å²) in [4.78, 5) is 28.7. The third-order valence-corrected chi connectivity index (χ3v) is 5.03. The van der Waals surface area contributed by atoms with Crippen molar-refractivity contribution < 1.29 is 19.1 Å². The van der Waals surface area contributed by atoms with Gasteiger partial charge in [0.25, 0.3) is 5.91 Å². The molecule has 150 valence electrons. The minimum absolute atomic E-state index is 0.0554. The summed E-state index contributed by atoms with van der Waals surface area (Å²) >= 11 is 1.18. The third-order valence-electron chi connectivity index (χ3n) is 4.35. The Labute approximate surface area is 176 Å². The van der Waals surface area contributed by atoms with Crippen LogP contribution in [0.25, 0.3) is 6.08 Å². The minimum atomic E-state index is -0.516. The lowest BCUT2D eigenvalue weighted by Gasteiger charge is -2.20. The number of thioether (sulfide) groups is 1. The van der Waals surface area contributed by atoms with E-state index in [9.17, 15) is 9.59 Å². The normalized spacial score (nSPS) is 16.5. The Morgan fingerprint density at radius 3 is 2.80 bits per heavy atom. The quantitative estimate of drug-likeness (QED) is 0.461. The first-order chi connectivity index (χ1) is 14.5. The summed E-state index contributed by atoms with van der Waals surface area (Å²) in [6.07, 6.45) is 1.53. The molecule has 9 heteroatoms. The Balaban J connectivity index is 1.60. The maximum absolute atomic E-state index is 12.4. The van der Waals surface area contributed by atoms with Gasteiger partial charge in [-0.3, -0.25) is 10.2 Å². The molecule has 0 aromatic heterocycles. The van der Waals surface area contributed by atoms with E-state index in [0.717, 1.165) is 5.56 Å². The Morgan fingerprint density at radius 1 is 1.20 bits per heavy atom. The van der Waals surface area contributed by atoms with Crippen LogP contribution in [0.4, 0.5) is 0 Å². The fourth-order valence-corrected chi connectivity index (χ4v) is 3.50. The Kier molecular flexibility index (Phi) is 5.20. The summed E-state index contributed by atoms with van der Waals surface area (Å²) in [5.74, 6) is -0.506. The van der Waals surface area contributed by atoms with Crippen molar-refractivity contribution in [2.45, 2.75) is 6.92 Å². The molecule has 0 saturated carbocycles. The Bertz CT molecular complexity index is 1170. The number of benzene rings is 2. The van der Waals surface area contributed by atoms with Crippen LogP contribution in [0.15, 0.2) is 58.1 Å². The van der Waals surface area contributed by atoms with Gasteiger partial charge in [-0.2, -0.15) is 15.1 Å². The van der Waals surface area contributed by atoms with Crippen LogP contribution in [-0.2, 0) is 4.79 Å². The van der Waals surface area contributed by atoms with E-state index in [-0.39, 0.29) is 17.2 Å². The molecule has 4 rings (SSSR count). The zero-order valence-electron chi connectivity index (χ0n) is 16.1. The van der Waals surface area contributed by atoms with Crippen LogP contribution in [0, 0.1) is 12.3 Å². The number of rotatable bonds is 4. The molecule has 2 aliphatic heterocycles. The molecule has 30 heavy (non-hydrogen) atoms. The molecule has 0 unspecified atom stereocenters. The van der Waals surface area contributed by atoms with Crippen LogP contribution in [0.3, 0.4) is 0 Å². The maximum atomic E-state index is 12.4. The van der Waals surface area contributed by atoms with Crippen molar-refractivity contribution in [2.24, 2.45) is 10.1 Å². The van der Waals surface area contributed by atoms with Crippen molar-refractivity contribution in [3.05, 3.63) is 64.7 Å². The van der Waals surface area contributed by atoms with Crippen molar-refractivity contribution in [1.82, 2.24) is 5.01 Å². The van der Waals surface area contributed by atoms with Crippen LogP contribution < -0.4 is 9.47 Å². The van der Waals surface area contributed by atoms with Gasteiger partial charge in [-0.15, -0.1) is 0 Å². The molecule has 2 aromatic carbocycles. The number of nitrogens with one attached hydrogen (secondary N) is 1. The number of methoxy groups -OCH3 is 1. The molecule has 2 aromatic rings. The van der Waals surface area contributed by atoms with Gasteiger partial charge in [0.2, 0.25) is 0 Å². The van der Waals surface area contributed by atoms with Crippen molar-refractivity contribution in [2.75, 3.05) is 7.11 Å². The van der Waals surface area contributed by atoms with Gasteiger partial charge in [-0.05, 0) is 54.6 Å². The maximum Gasteiger partial charge on any atom is 0.343 e. The first-order valence-corrected chi connectivity index (χ1v) is 9.74. The number of hydrazone groups is 1. The number of esters is 1. The summed E-state index contributed by atoms with van der Waals surface area (Å²) in [5.41, 5.74) is 3.59. The standard InChI is InChI=1S/C21H16N4O4S/c1-12-4-3-5-14(8-12)20(27)29-16-7-6-13(10-17(16)28-2)9-15-18(22)25-21(24-19(15)26)30-11-23-25/h3-11,22H,1-2H3. The van der Waals surface area contributed by atoms with Crippen LogP contribution >= 0.6 is 11.8 Å². The van der Waals surface area contributed by atoms with E-state index in [4.69, 9.17) is 14.9 Å². The van der Waals surface area contributed by atoms with E-state index in [1.807, 2.05) is 13.0 Å². The number of nitrogens with zero attached hydrogens (tertiary/aromatic N) is 3. The zero-order valence-corrected chi connectivity index (χ0v) is 16.9. The topological polar surface area (TPSA) is 104 Å². The number of amides is 1. The molecule has 0 fully saturated rings. The van der Waals surface area contributed by atoms with E-state index in [0.29, 0.717) is 22.0 Å². The SMILES string of the molecule is COc1cc(C=C2C(=N)N3N=CSC3=NC2=O)ccc1OC(=O)c1cccc(C)c1. The van der Waals surface area contributed by atoms with Gasteiger partial charge < -0.3 is 9.47 Å². The molecule has 1 N–H and O–H groups in total. The highest BCUT2D eigenvalue weighted by Crippen LogP contribution is 2.31. The summed E-state index contributed by atoms with van der Waals surface area (Å²) in [6, 6.07) is 11.9. The monoisotopic (exact) mass is 420 g/mol. The van der Waals surface area contributed by atoms with E-state index >= 15 is 0 Å². The van der Waals surface area contributed by atoms with Crippen LogP contribution in [0.5, 0.6) is 11.5 Å². The van der Waals surface area contributed by atoms with Gasteiger partial charge in [-0.1, -0.05) is 23.8 Å². The van der Waals surface area contributed by atoms with Crippen LogP contribution in [-0.4, -0.2) is 40.5 Å². The average Bonchev–Trinajstić information content (AvgIpc) is 3.20. The number of aryl methyl sites for hydroxylation is 1. The number of hydrogen-bond donors (Lipinski definition) is 1. The van der Waals surface area contributed by atoms with Crippen molar-refractivity contribution >= 4 is 46.3 Å². The number of amidine groups is 2. The number of fused-ring (bicyclic) bond motifs is 1. The molecule has 1 amide bonds. The largest absolute Gasteiger partial charge is 0.493 e. The lowest BCUT2D eigenvalue weighted by molar-refractivity contribution is -0.114. The molecule has 0 aliphatic carbocycles. The summed E-state index contributed by atoms with van der Waals surface area (Å²) in [7, 11) is 1.46. The summed E-state index contributed by atoms with van der Waals surface area (Å²) in [5, 5.41) is 13.9. The first kappa shape index (κ1) is 19.6. The van der Waals surface area contributed by atoms with Crippen molar-refractivity contribution in [3.8, 4) is 11.5 Å². The molecule has 0 saturated heterocycles. The lowest BCUT2D eigenvalue weighted by Crippen LogP contribution is -2.35. The molecule has 8 nitrogen and oxygen atoms in total. The van der Waals surface area contributed by atoms with E-state index < -0.39 is 11.9 Å². The van der Waals surface area contributed by atoms with Gasteiger partial charge in [0, 0.05) is 0 Å². The molecule has 2 heterocycles. The number of hydrogen-bond acceptors (Lipinski definition) is 7. The van der Waals surface area contributed by atoms with Gasteiger partial charge in [0.15, 0.2) is 22.5 Å². The smallest absolute Gasteiger partial charge is 0.343 e. The van der Waals surface area contributed by atoms with E-state index in [2.05, 4.69) is 10.1 Å². The number of ether oxygens (including phenoxy) is 2. The third kappa shape index (κ3) is 3.74. The molecule has 2 aliphatic rings. The second-order valence-corrected chi connectivity index (χ2v) is 7.24. The summed E-state index contributed by atoms with van der Waals surface area (Å²) < 4.78 is 10.8. The molecular weight excluding hydrogens is 404 g/mol. The fraction of sp³-hybridized carbons (Fsp3) is 0.0952. The van der Waals surface area contributed by atoms with Crippen molar-refractivity contribution in [3.63, 3.8) is 0 Å². The highest BCUT2D eigenvalue weighted by Gasteiger charge is 2.32. The molecule has 0 radical (unpaired) electrons. The number of aliphatic imine (C=N–C) groups is 1. The van der Waals surface area contributed by atoms with Gasteiger partial charge in [0.1, 0.15) is 0 Å². The number of carbonyl (C=O) groups is 2. The van der Waals surface area contributed by atoms with Gasteiger partial charge in [-0.25, -0.2) is 4.79 Å². The lowest BCUT2D eigenvalue weighted by atomic mass is 10.1. The van der Waals surface area contributed by atoms with E-state index in [1.54, 1.807) is 36.4 Å². The second-order valence-electron chi connectivity index (χ2n) is 6.43. The Morgan fingerprint density at radius 2 is 2.03 bits per heavy atom. The fourth-order valence-electron chi connectivity index (χ4n) is 2.89. The van der Waals surface area contributed by atoms with E-state index in [1.165, 1.54) is 35.5 Å². The highest BCUT2D eigenvalue weighted by atomic mass is 32.2. The molecule has 0 atom stereocenters. The summed E-state index contributed by atoms with van der Waals surface area (Å²) in [6.45, 7) is 1.89. The highest BCUT2D eigenvalue weighted by molar-refractivity contribution is 8.25. The van der Waals surface area contributed by atoms with Crippen molar-refractivity contribution in [1.29, 1.82) is 5.41 Å². The molecule has 0 bridgehead atoms. The number of carbonyl (C=O) groups excluding carboxylic acids is 2. The predicted octanol–water partition coefficient (Wildman–Crippen LogP) is 3.47. The van der Waals surface area contributed by atoms with Gasteiger partial charge >= 0.3 is 5.97 Å². The molecular formula is C21H16N4O4S. The van der Waals surface area contributed by atoms with Crippen LogP contribution in [0.2, 0.25) is 0 Å². The zero-order chi connectivity index (χ0) is 21.3. The average molecular weight is 420 g/mol. The van der Waals surface area contributed by atoms with Crippen LogP contribution in [0.1, 0.15) is 21.5 Å². The first-order valence-electron chi connectivity index (χ1n) is 8.86.